The molecule has 2 heteroatoms. The van der Waals surface area contributed by atoms with Crippen LogP contribution in [0, 0.1) is 0 Å². The fraction of sp³-hybridized carbons (Fsp3) is 0.778. The van der Waals surface area contributed by atoms with E-state index in [0.717, 1.165) is 0 Å². The Kier molecular flexibility index (Phi) is 13.6. The Morgan fingerprint density at radius 1 is 0.724 bits per heavy atom. The molecule has 1 nitrogen and oxygen atoms in total. The lowest BCUT2D eigenvalue weighted by molar-refractivity contribution is 0.436. The fourth-order valence-corrected chi connectivity index (χ4v) is 4.88. The number of para-hydroxylation sites is 1. The first-order valence-electron chi connectivity index (χ1n) is 12.4. The smallest absolute Gasteiger partial charge is 0.0407 e. The van der Waals surface area contributed by atoms with Gasteiger partial charge in [-0.2, -0.15) is 0 Å². The Hall–Kier alpha value is -0.250. The molecule has 1 atom stereocenters. The van der Waals surface area contributed by atoms with E-state index in [2.05, 4.69) is 56.9 Å². The zero-order valence-corrected chi connectivity index (χ0v) is 22.2. The molecule has 0 aliphatic carbocycles. The van der Waals surface area contributed by atoms with Crippen molar-refractivity contribution in [2.45, 2.75) is 129 Å². The van der Waals surface area contributed by atoms with Gasteiger partial charge in [-0.05, 0) is 25.0 Å². The highest BCUT2D eigenvalue weighted by atomic mass is 127. The maximum Gasteiger partial charge on any atom is 0.0407 e. The molecule has 1 aromatic rings. The molecule has 0 fully saturated rings. The molecular weight excluding hydrogens is 465 g/mol. The number of benzene rings is 1. The third-order valence-corrected chi connectivity index (χ3v) is 7.17. The van der Waals surface area contributed by atoms with Crippen molar-refractivity contribution in [3.05, 3.63) is 29.8 Å². The van der Waals surface area contributed by atoms with Crippen LogP contribution in [0.15, 0.2) is 24.3 Å². The van der Waals surface area contributed by atoms with Crippen LogP contribution in [0.1, 0.15) is 123 Å². The molecule has 1 heterocycles. The molecule has 1 aliphatic heterocycles. The van der Waals surface area contributed by atoms with Gasteiger partial charge in [-0.15, -0.1) is 24.0 Å². The third-order valence-electron chi connectivity index (χ3n) is 7.17. The highest BCUT2D eigenvalue weighted by molar-refractivity contribution is 14.0. The van der Waals surface area contributed by atoms with Crippen molar-refractivity contribution in [1.29, 1.82) is 0 Å². The quantitative estimate of drug-likeness (QED) is 0.167. The number of fused-ring (bicyclic) bond motifs is 1. The summed E-state index contributed by atoms with van der Waals surface area (Å²) >= 11 is 0. The topological polar surface area (TPSA) is 3.24 Å². The summed E-state index contributed by atoms with van der Waals surface area (Å²) in [7, 11) is 0. The minimum absolute atomic E-state index is 0. The molecule has 1 unspecified atom stereocenters. The van der Waals surface area contributed by atoms with Crippen molar-refractivity contribution in [2.75, 3.05) is 11.4 Å². The molecule has 168 valence electrons. The minimum atomic E-state index is 0. The fourth-order valence-electron chi connectivity index (χ4n) is 4.88. The van der Waals surface area contributed by atoms with Gasteiger partial charge in [0.1, 0.15) is 0 Å². The first-order chi connectivity index (χ1) is 13.6. The second-order valence-corrected chi connectivity index (χ2v) is 9.70. The van der Waals surface area contributed by atoms with Crippen LogP contribution >= 0.6 is 24.0 Å². The summed E-state index contributed by atoms with van der Waals surface area (Å²) < 4.78 is 0. The molecule has 0 N–H and O–H groups in total. The number of unbranched alkanes of at least 4 members (excludes halogenated alkanes) is 13. The van der Waals surface area contributed by atoms with E-state index in [1.165, 1.54) is 108 Å². The molecule has 0 saturated heterocycles. The lowest BCUT2D eigenvalue weighted by atomic mass is 9.81. The van der Waals surface area contributed by atoms with E-state index in [-0.39, 0.29) is 29.4 Å². The number of rotatable bonds is 15. The number of anilines is 1. The van der Waals surface area contributed by atoms with E-state index >= 15 is 0 Å². The molecule has 1 aliphatic rings. The Labute approximate surface area is 199 Å². The van der Waals surface area contributed by atoms with Crippen LogP contribution in [-0.2, 0) is 5.41 Å². The van der Waals surface area contributed by atoms with Gasteiger partial charge in [-0.25, -0.2) is 0 Å². The van der Waals surface area contributed by atoms with E-state index in [1.54, 1.807) is 0 Å². The minimum Gasteiger partial charge on any atom is -0.368 e. The van der Waals surface area contributed by atoms with Gasteiger partial charge < -0.3 is 4.90 Å². The molecule has 0 bridgehead atoms. The van der Waals surface area contributed by atoms with Crippen LogP contribution < -0.4 is 4.90 Å². The molecule has 29 heavy (non-hydrogen) atoms. The highest BCUT2D eigenvalue weighted by Crippen LogP contribution is 2.44. The van der Waals surface area contributed by atoms with Gasteiger partial charge in [0.25, 0.3) is 0 Å². The van der Waals surface area contributed by atoms with E-state index in [1.807, 2.05) is 0 Å². The van der Waals surface area contributed by atoms with Crippen LogP contribution in [0.5, 0.6) is 0 Å². The predicted molar refractivity (Wildman–Crippen MR) is 142 cm³/mol. The van der Waals surface area contributed by atoms with Gasteiger partial charge in [0, 0.05) is 23.7 Å². The molecule has 0 saturated carbocycles. The Balaban J connectivity index is 0.00000420. The standard InChI is InChI=1S/C27H47N.HI/c1-5-6-7-8-9-10-11-12-13-14-15-16-17-20-23-28-24(2)27(3,4)25-21-18-19-22-26(25)28;/h18-19,21-22,24H,5-17,20,23H2,1-4H3;1H. The summed E-state index contributed by atoms with van der Waals surface area (Å²) in [5.41, 5.74) is 3.29. The molecule has 0 spiro atoms. The number of nitrogens with zero attached hydrogens (tertiary/aromatic N) is 1. The average molecular weight is 514 g/mol. The van der Waals surface area contributed by atoms with E-state index in [9.17, 15) is 0 Å². The van der Waals surface area contributed by atoms with Crippen molar-refractivity contribution >= 4 is 29.7 Å². The summed E-state index contributed by atoms with van der Waals surface area (Å²) in [6.07, 6.45) is 20.1. The number of hydrogen-bond acceptors (Lipinski definition) is 1. The summed E-state index contributed by atoms with van der Waals surface area (Å²) in [5, 5.41) is 0. The summed E-state index contributed by atoms with van der Waals surface area (Å²) in [4.78, 5) is 2.66. The lowest BCUT2D eigenvalue weighted by Crippen LogP contribution is -2.39. The average Bonchev–Trinajstić information content (AvgIpc) is 2.89. The lowest BCUT2D eigenvalue weighted by Gasteiger charge is -2.31. The Morgan fingerprint density at radius 2 is 1.17 bits per heavy atom. The SMILES string of the molecule is CCCCCCCCCCCCCCCCN1c2ccccc2C(C)(C)C1C.I. The monoisotopic (exact) mass is 513 g/mol. The number of halogens is 1. The van der Waals surface area contributed by atoms with Crippen molar-refractivity contribution < 1.29 is 0 Å². The normalized spacial score (nSPS) is 17.2. The van der Waals surface area contributed by atoms with Crippen LogP contribution in [0.3, 0.4) is 0 Å². The maximum atomic E-state index is 2.66. The zero-order valence-electron chi connectivity index (χ0n) is 19.8. The predicted octanol–water partition coefficient (Wildman–Crippen LogP) is 9.27. The van der Waals surface area contributed by atoms with Crippen molar-refractivity contribution in [3.8, 4) is 0 Å². The van der Waals surface area contributed by atoms with Gasteiger partial charge in [0.05, 0.1) is 0 Å². The van der Waals surface area contributed by atoms with Crippen molar-refractivity contribution in [2.24, 2.45) is 0 Å². The summed E-state index contributed by atoms with van der Waals surface area (Å²) in [6.45, 7) is 10.7. The van der Waals surface area contributed by atoms with Crippen LogP contribution in [0.2, 0.25) is 0 Å². The molecule has 1 aromatic carbocycles. The van der Waals surface area contributed by atoms with Gasteiger partial charge in [0.15, 0.2) is 0 Å². The van der Waals surface area contributed by atoms with Crippen LogP contribution in [-0.4, -0.2) is 12.6 Å². The Bertz CT molecular complexity index is 539. The zero-order chi connectivity index (χ0) is 20.2. The molecule has 0 radical (unpaired) electrons. The molecular formula is C27H48IN. The summed E-state index contributed by atoms with van der Waals surface area (Å²) in [6, 6.07) is 9.66. The van der Waals surface area contributed by atoms with Crippen molar-refractivity contribution in [1.82, 2.24) is 0 Å². The van der Waals surface area contributed by atoms with Crippen LogP contribution in [0.4, 0.5) is 5.69 Å². The molecule has 0 aromatic heterocycles. The van der Waals surface area contributed by atoms with Gasteiger partial charge in [0.2, 0.25) is 0 Å². The number of hydrogen-bond donors (Lipinski definition) is 0. The summed E-state index contributed by atoms with van der Waals surface area (Å²) in [5.74, 6) is 0. The molecule has 2 rings (SSSR count). The van der Waals surface area contributed by atoms with Gasteiger partial charge in [-0.3, -0.25) is 0 Å². The largest absolute Gasteiger partial charge is 0.368 e. The van der Waals surface area contributed by atoms with Crippen molar-refractivity contribution in [3.63, 3.8) is 0 Å². The highest BCUT2D eigenvalue weighted by Gasteiger charge is 2.40. The van der Waals surface area contributed by atoms with E-state index < -0.39 is 0 Å². The Morgan fingerprint density at radius 3 is 1.69 bits per heavy atom. The maximum absolute atomic E-state index is 2.66. The van der Waals surface area contributed by atoms with Gasteiger partial charge >= 0.3 is 0 Å². The van der Waals surface area contributed by atoms with E-state index in [4.69, 9.17) is 0 Å². The van der Waals surface area contributed by atoms with Gasteiger partial charge in [-0.1, -0.05) is 122 Å². The second kappa shape index (κ2) is 14.7. The van der Waals surface area contributed by atoms with E-state index in [0.29, 0.717) is 6.04 Å². The molecule has 0 amide bonds. The van der Waals surface area contributed by atoms with Crippen LogP contribution in [0.25, 0.3) is 0 Å². The third kappa shape index (κ3) is 8.42. The first-order valence-corrected chi connectivity index (χ1v) is 12.4. The first kappa shape index (κ1) is 26.8. The second-order valence-electron chi connectivity index (χ2n) is 9.70.